The van der Waals surface area contributed by atoms with Crippen molar-refractivity contribution >= 4 is 23.0 Å². The third kappa shape index (κ3) is 2.85. The number of benzene rings is 1. The largest absolute Gasteiger partial charge is 0.397 e. The Morgan fingerprint density at radius 1 is 1.24 bits per heavy atom. The number of carbonyl (C=O) groups is 1. The highest BCUT2D eigenvalue weighted by molar-refractivity contribution is 5.95. The molecule has 0 saturated heterocycles. The maximum Gasteiger partial charge on any atom is 0.224 e. The van der Waals surface area contributed by atoms with Gasteiger partial charge < -0.3 is 16.4 Å². The van der Waals surface area contributed by atoms with Crippen molar-refractivity contribution in [3.8, 4) is 0 Å². The van der Waals surface area contributed by atoms with Gasteiger partial charge in [-0.25, -0.2) is 0 Å². The predicted octanol–water partition coefficient (Wildman–Crippen LogP) is 3.39. The van der Waals surface area contributed by atoms with Crippen molar-refractivity contribution in [2.75, 3.05) is 16.4 Å². The van der Waals surface area contributed by atoms with Crippen LogP contribution in [-0.4, -0.2) is 11.9 Å². The molecule has 1 heterocycles. The van der Waals surface area contributed by atoms with Gasteiger partial charge in [-0.05, 0) is 42.4 Å². The number of hydrogen-bond acceptors (Lipinski definition) is 3. The van der Waals surface area contributed by atoms with Crippen LogP contribution in [0.3, 0.4) is 0 Å². The first-order valence-electron chi connectivity index (χ1n) is 8.03. The average Bonchev–Trinajstić information content (AvgIpc) is 2.45. The van der Waals surface area contributed by atoms with E-state index in [0.29, 0.717) is 18.4 Å². The number of carbonyl (C=O) groups excluding carboxylic acids is 1. The first-order chi connectivity index (χ1) is 10.0. The number of fused-ring (bicyclic) bond motifs is 1. The number of nitrogens with two attached hydrogens (primary N) is 1. The van der Waals surface area contributed by atoms with Crippen LogP contribution in [0.1, 0.15) is 45.1 Å². The Labute approximate surface area is 126 Å². The van der Waals surface area contributed by atoms with Crippen molar-refractivity contribution in [1.29, 1.82) is 0 Å². The lowest BCUT2D eigenvalue weighted by Crippen LogP contribution is -2.35. The second kappa shape index (κ2) is 5.58. The van der Waals surface area contributed by atoms with Crippen LogP contribution in [-0.2, 0) is 11.2 Å². The highest BCUT2D eigenvalue weighted by Crippen LogP contribution is 2.35. The Bertz CT molecular complexity index is 555. The molecule has 1 fully saturated rings. The van der Waals surface area contributed by atoms with Crippen LogP contribution in [0, 0.1) is 11.8 Å². The summed E-state index contributed by atoms with van der Waals surface area (Å²) in [5.74, 6) is 1.48. The van der Waals surface area contributed by atoms with Gasteiger partial charge in [0.25, 0.3) is 0 Å². The summed E-state index contributed by atoms with van der Waals surface area (Å²) < 4.78 is 0. The molecule has 4 heteroatoms. The van der Waals surface area contributed by atoms with Crippen LogP contribution in [0.25, 0.3) is 0 Å². The Kier molecular flexibility index (Phi) is 3.79. The zero-order valence-corrected chi connectivity index (χ0v) is 12.9. The minimum atomic E-state index is 0.0953. The molecule has 2 aliphatic rings. The van der Waals surface area contributed by atoms with Gasteiger partial charge in [-0.2, -0.15) is 0 Å². The molecule has 1 aromatic rings. The van der Waals surface area contributed by atoms with Crippen molar-refractivity contribution in [2.24, 2.45) is 11.8 Å². The van der Waals surface area contributed by atoms with Crippen molar-refractivity contribution in [3.05, 3.63) is 17.7 Å². The number of amides is 1. The van der Waals surface area contributed by atoms with E-state index in [1.165, 1.54) is 19.3 Å². The second-order valence-electron chi connectivity index (χ2n) is 6.66. The first-order valence-corrected chi connectivity index (χ1v) is 8.03. The quantitative estimate of drug-likeness (QED) is 0.730. The molecular weight excluding hydrogens is 262 g/mol. The molecule has 1 amide bonds. The lowest BCUT2D eigenvalue weighted by molar-refractivity contribution is -0.116. The second-order valence-corrected chi connectivity index (χ2v) is 6.66. The van der Waals surface area contributed by atoms with Crippen molar-refractivity contribution in [1.82, 2.24) is 0 Å². The average molecular weight is 287 g/mol. The Hall–Kier alpha value is -1.71. The van der Waals surface area contributed by atoms with Gasteiger partial charge in [0.15, 0.2) is 0 Å². The monoisotopic (exact) mass is 287 g/mol. The molecule has 3 rings (SSSR count). The summed E-state index contributed by atoms with van der Waals surface area (Å²) in [7, 11) is 0. The van der Waals surface area contributed by atoms with Gasteiger partial charge in [0.1, 0.15) is 0 Å². The number of aryl methyl sites for hydroxylation is 1. The highest BCUT2D eigenvalue weighted by atomic mass is 16.1. The van der Waals surface area contributed by atoms with Crippen LogP contribution in [0.2, 0.25) is 0 Å². The molecular formula is C17H25N3O. The van der Waals surface area contributed by atoms with E-state index in [1.54, 1.807) is 0 Å². The third-order valence-electron chi connectivity index (χ3n) is 5.22. The maximum absolute atomic E-state index is 11.5. The van der Waals surface area contributed by atoms with Crippen LogP contribution in [0.4, 0.5) is 17.1 Å². The topological polar surface area (TPSA) is 67.1 Å². The predicted molar refractivity (Wildman–Crippen MR) is 87.4 cm³/mol. The summed E-state index contributed by atoms with van der Waals surface area (Å²) in [6.07, 6.45) is 5.10. The van der Waals surface area contributed by atoms with Crippen LogP contribution in [0.5, 0.6) is 0 Å². The molecule has 0 radical (unpaired) electrons. The summed E-state index contributed by atoms with van der Waals surface area (Å²) in [5, 5.41) is 6.57. The van der Waals surface area contributed by atoms with E-state index in [4.69, 9.17) is 5.73 Å². The molecule has 21 heavy (non-hydrogen) atoms. The van der Waals surface area contributed by atoms with E-state index in [0.717, 1.165) is 35.0 Å². The zero-order valence-electron chi connectivity index (χ0n) is 12.9. The molecule has 0 bridgehead atoms. The van der Waals surface area contributed by atoms with Crippen molar-refractivity contribution in [3.63, 3.8) is 0 Å². The normalized spacial score (nSPS) is 28.7. The fourth-order valence-electron chi connectivity index (χ4n) is 3.56. The number of rotatable bonds is 2. The van der Waals surface area contributed by atoms with Crippen LogP contribution < -0.4 is 16.4 Å². The zero-order chi connectivity index (χ0) is 15.0. The molecule has 1 aromatic carbocycles. The Morgan fingerprint density at radius 2 is 2.05 bits per heavy atom. The minimum Gasteiger partial charge on any atom is -0.397 e. The maximum atomic E-state index is 11.5. The standard InChI is InChI=1S/C17H25N3O/c1-10-4-3-5-14(11(10)2)19-16-9-15-12(8-13(16)18)6-7-17(21)20-15/h8-11,14,19H,3-7,18H2,1-2H3,(H,20,21). The Balaban J connectivity index is 1.82. The van der Waals surface area contributed by atoms with Crippen molar-refractivity contribution in [2.45, 2.75) is 52.0 Å². The van der Waals surface area contributed by atoms with E-state index in [-0.39, 0.29) is 5.91 Å². The highest BCUT2D eigenvalue weighted by Gasteiger charge is 2.27. The fraction of sp³-hybridized carbons (Fsp3) is 0.588. The lowest BCUT2D eigenvalue weighted by atomic mass is 9.78. The van der Waals surface area contributed by atoms with Crippen LogP contribution in [0.15, 0.2) is 12.1 Å². The molecule has 0 spiro atoms. The van der Waals surface area contributed by atoms with Gasteiger partial charge in [0.05, 0.1) is 11.4 Å². The van der Waals surface area contributed by atoms with E-state index in [2.05, 4.69) is 24.5 Å². The molecule has 3 atom stereocenters. The van der Waals surface area contributed by atoms with Gasteiger partial charge in [0, 0.05) is 18.2 Å². The molecule has 4 N–H and O–H groups in total. The van der Waals surface area contributed by atoms with E-state index >= 15 is 0 Å². The molecule has 4 nitrogen and oxygen atoms in total. The SMILES string of the molecule is CC1CCCC(Nc2cc3c(cc2N)CCC(=O)N3)C1C. The summed E-state index contributed by atoms with van der Waals surface area (Å²) in [6, 6.07) is 4.48. The van der Waals surface area contributed by atoms with Gasteiger partial charge in [-0.3, -0.25) is 4.79 Å². The third-order valence-corrected chi connectivity index (χ3v) is 5.22. The number of nitrogen functional groups attached to an aromatic ring is 1. The smallest absolute Gasteiger partial charge is 0.224 e. The molecule has 0 aromatic heterocycles. The van der Waals surface area contributed by atoms with E-state index in [1.807, 2.05) is 12.1 Å². The Morgan fingerprint density at radius 3 is 2.86 bits per heavy atom. The van der Waals surface area contributed by atoms with Gasteiger partial charge in [0.2, 0.25) is 5.91 Å². The van der Waals surface area contributed by atoms with Crippen LogP contribution >= 0.6 is 0 Å². The summed E-state index contributed by atoms with van der Waals surface area (Å²) in [6.45, 7) is 4.65. The molecule has 3 unspecified atom stereocenters. The summed E-state index contributed by atoms with van der Waals surface area (Å²) >= 11 is 0. The molecule has 114 valence electrons. The molecule has 1 saturated carbocycles. The molecule has 1 aliphatic carbocycles. The number of anilines is 3. The molecule has 1 aliphatic heterocycles. The lowest BCUT2D eigenvalue weighted by Gasteiger charge is -2.35. The van der Waals surface area contributed by atoms with Crippen molar-refractivity contribution < 1.29 is 4.79 Å². The van der Waals surface area contributed by atoms with Gasteiger partial charge >= 0.3 is 0 Å². The summed E-state index contributed by atoms with van der Waals surface area (Å²) in [4.78, 5) is 11.5. The van der Waals surface area contributed by atoms with Gasteiger partial charge in [-0.15, -0.1) is 0 Å². The summed E-state index contributed by atoms with van der Waals surface area (Å²) in [5.41, 5.74) is 10.0. The number of nitrogens with one attached hydrogen (secondary N) is 2. The fourth-order valence-corrected chi connectivity index (χ4v) is 3.56. The van der Waals surface area contributed by atoms with Gasteiger partial charge in [-0.1, -0.05) is 26.7 Å². The van der Waals surface area contributed by atoms with E-state index < -0.39 is 0 Å². The minimum absolute atomic E-state index is 0.0953. The van der Waals surface area contributed by atoms with E-state index in [9.17, 15) is 4.79 Å². The number of hydrogen-bond donors (Lipinski definition) is 3. The first kappa shape index (κ1) is 14.2.